The van der Waals surface area contributed by atoms with Crippen LogP contribution in [0, 0.1) is 0 Å². The minimum absolute atomic E-state index is 0.169. The van der Waals surface area contributed by atoms with E-state index in [4.69, 9.17) is 11.6 Å². The molecule has 0 unspecified atom stereocenters. The predicted molar refractivity (Wildman–Crippen MR) is 108 cm³/mol. The van der Waals surface area contributed by atoms with E-state index < -0.39 is 10.0 Å². The van der Waals surface area contributed by atoms with Crippen LogP contribution in [-0.2, 0) is 10.0 Å². The molecule has 1 aliphatic rings. The molecule has 1 aliphatic heterocycles. The molecule has 0 saturated carbocycles. The van der Waals surface area contributed by atoms with E-state index in [2.05, 4.69) is 4.98 Å². The van der Waals surface area contributed by atoms with Crippen molar-refractivity contribution in [2.45, 2.75) is 4.21 Å². The van der Waals surface area contributed by atoms with E-state index in [9.17, 15) is 13.2 Å². The highest BCUT2D eigenvalue weighted by molar-refractivity contribution is 7.91. The lowest BCUT2D eigenvalue weighted by Gasteiger charge is -2.33. The number of sulfonamides is 1. The number of aromatic nitrogens is 2. The number of rotatable bonds is 4. The van der Waals surface area contributed by atoms with Crippen LogP contribution in [0.15, 0.2) is 59.2 Å². The van der Waals surface area contributed by atoms with E-state index in [-0.39, 0.29) is 23.2 Å². The molecule has 0 radical (unpaired) electrons. The molecule has 0 spiro atoms. The number of carbonyl (C=O) groups excluding carboxylic acids is 1. The van der Waals surface area contributed by atoms with Gasteiger partial charge in [0.1, 0.15) is 9.90 Å². The van der Waals surface area contributed by atoms with E-state index >= 15 is 0 Å². The molecule has 146 valence electrons. The van der Waals surface area contributed by atoms with E-state index in [0.717, 1.165) is 17.0 Å². The van der Waals surface area contributed by atoms with Gasteiger partial charge in [-0.2, -0.15) is 4.31 Å². The Kier molecular flexibility index (Phi) is 5.24. The maximum absolute atomic E-state index is 13.0. The molecule has 4 rings (SSSR count). The summed E-state index contributed by atoms with van der Waals surface area (Å²) >= 11 is 6.90. The summed E-state index contributed by atoms with van der Waals surface area (Å²) in [5, 5.41) is 0. The number of piperazine rings is 1. The van der Waals surface area contributed by atoms with E-state index in [0.29, 0.717) is 23.1 Å². The van der Waals surface area contributed by atoms with E-state index in [1.54, 1.807) is 21.9 Å². The third-order valence-corrected chi connectivity index (χ3v) is 8.16. The molecule has 0 atom stereocenters. The third-order valence-electron chi connectivity index (χ3n) is 4.56. The molecule has 10 heteroatoms. The molecule has 0 aliphatic carbocycles. The van der Waals surface area contributed by atoms with Gasteiger partial charge in [0.25, 0.3) is 15.9 Å². The topological polar surface area (TPSA) is 75.5 Å². The van der Waals surface area contributed by atoms with Gasteiger partial charge in [-0.05, 0) is 24.3 Å². The van der Waals surface area contributed by atoms with Crippen molar-refractivity contribution in [3.8, 4) is 5.69 Å². The molecular weight excluding hydrogens is 420 g/mol. The van der Waals surface area contributed by atoms with Crippen molar-refractivity contribution in [1.82, 2.24) is 18.8 Å². The Bertz CT molecular complexity index is 1090. The Morgan fingerprint density at radius 1 is 1.04 bits per heavy atom. The van der Waals surface area contributed by atoms with Crippen LogP contribution in [0.4, 0.5) is 0 Å². The number of halogens is 1. The van der Waals surface area contributed by atoms with Gasteiger partial charge in [0.15, 0.2) is 0 Å². The fourth-order valence-corrected chi connectivity index (χ4v) is 6.16. The minimum Gasteiger partial charge on any atom is -0.335 e. The highest BCUT2D eigenvalue weighted by Crippen LogP contribution is 2.28. The second-order valence-electron chi connectivity index (χ2n) is 6.24. The summed E-state index contributed by atoms with van der Waals surface area (Å²) in [5.41, 5.74) is 1.30. The highest BCUT2D eigenvalue weighted by Gasteiger charge is 2.32. The largest absolute Gasteiger partial charge is 0.335 e. The molecular formula is C18H17ClN4O3S2. The molecule has 3 heterocycles. The van der Waals surface area contributed by atoms with Gasteiger partial charge in [-0.15, -0.1) is 11.3 Å². The molecule has 1 fully saturated rings. The van der Waals surface area contributed by atoms with Gasteiger partial charge in [0.2, 0.25) is 0 Å². The number of carbonyl (C=O) groups is 1. The summed E-state index contributed by atoms with van der Waals surface area (Å²) in [7, 11) is -3.58. The van der Waals surface area contributed by atoms with E-state index in [1.807, 2.05) is 30.3 Å². The average Bonchev–Trinajstić information content (AvgIpc) is 3.38. The smallest absolute Gasteiger partial charge is 0.272 e. The fourth-order valence-electron chi connectivity index (χ4n) is 3.10. The normalized spacial score (nSPS) is 15.7. The molecule has 1 saturated heterocycles. The summed E-state index contributed by atoms with van der Waals surface area (Å²) in [6, 6.07) is 12.6. The Morgan fingerprint density at radius 3 is 2.39 bits per heavy atom. The van der Waals surface area contributed by atoms with Gasteiger partial charge in [0.05, 0.1) is 16.9 Å². The second-order valence-corrected chi connectivity index (χ2v) is 10.1. The molecule has 2 aromatic heterocycles. The first-order chi connectivity index (χ1) is 13.5. The zero-order valence-corrected chi connectivity index (χ0v) is 17.1. The SMILES string of the molecule is O=C(c1cncn1-c1ccccc1)N1CCN(S(=O)(=O)c2ccc(Cl)s2)CC1. The third kappa shape index (κ3) is 3.58. The van der Waals surface area contributed by atoms with Crippen LogP contribution in [0.2, 0.25) is 4.34 Å². The average molecular weight is 437 g/mol. The first-order valence-electron chi connectivity index (χ1n) is 8.59. The summed E-state index contributed by atoms with van der Waals surface area (Å²) in [4.78, 5) is 18.7. The van der Waals surface area contributed by atoms with Crippen molar-refractivity contribution in [3.05, 3.63) is 65.0 Å². The number of hydrogen-bond acceptors (Lipinski definition) is 5. The van der Waals surface area contributed by atoms with Crippen molar-refractivity contribution in [2.24, 2.45) is 0 Å². The minimum atomic E-state index is -3.58. The summed E-state index contributed by atoms with van der Waals surface area (Å²) in [6.45, 7) is 1.11. The van der Waals surface area contributed by atoms with Crippen LogP contribution in [0.1, 0.15) is 10.5 Å². The van der Waals surface area contributed by atoms with Crippen molar-refractivity contribution < 1.29 is 13.2 Å². The number of amides is 1. The Hall–Kier alpha value is -2.20. The Labute approximate surface area is 171 Å². The van der Waals surface area contributed by atoms with Crippen LogP contribution < -0.4 is 0 Å². The van der Waals surface area contributed by atoms with Gasteiger partial charge in [0, 0.05) is 31.9 Å². The first-order valence-corrected chi connectivity index (χ1v) is 11.2. The monoisotopic (exact) mass is 436 g/mol. The zero-order chi connectivity index (χ0) is 19.7. The maximum Gasteiger partial charge on any atom is 0.272 e. The summed E-state index contributed by atoms with van der Waals surface area (Å²) in [6.07, 6.45) is 3.13. The highest BCUT2D eigenvalue weighted by atomic mass is 35.5. The molecule has 3 aromatic rings. The predicted octanol–water partition coefficient (Wildman–Crippen LogP) is 2.73. The zero-order valence-electron chi connectivity index (χ0n) is 14.7. The van der Waals surface area contributed by atoms with Crippen molar-refractivity contribution in [1.29, 1.82) is 0 Å². The maximum atomic E-state index is 13.0. The van der Waals surface area contributed by atoms with Crippen molar-refractivity contribution in [3.63, 3.8) is 0 Å². The van der Waals surface area contributed by atoms with Gasteiger partial charge in [-0.25, -0.2) is 13.4 Å². The summed E-state index contributed by atoms with van der Waals surface area (Å²) in [5.74, 6) is -0.169. The molecule has 0 bridgehead atoms. The van der Waals surface area contributed by atoms with Crippen LogP contribution in [0.25, 0.3) is 5.69 Å². The van der Waals surface area contributed by atoms with Crippen LogP contribution in [0.5, 0.6) is 0 Å². The summed E-state index contributed by atoms with van der Waals surface area (Å²) < 4.78 is 29.2. The molecule has 28 heavy (non-hydrogen) atoms. The van der Waals surface area contributed by atoms with Gasteiger partial charge in [-0.3, -0.25) is 9.36 Å². The Balaban J connectivity index is 1.48. The second kappa shape index (κ2) is 7.67. The lowest BCUT2D eigenvalue weighted by atomic mass is 10.3. The first kappa shape index (κ1) is 19.1. The van der Waals surface area contributed by atoms with Crippen LogP contribution in [-0.4, -0.2) is 59.3 Å². The number of hydrogen-bond donors (Lipinski definition) is 0. The lowest BCUT2D eigenvalue weighted by molar-refractivity contribution is 0.0690. The number of para-hydroxylation sites is 1. The van der Waals surface area contributed by atoms with E-state index in [1.165, 1.54) is 16.6 Å². The fraction of sp³-hybridized carbons (Fsp3) is 0.222. The standard InChI is InChI=1S/C18H17ClN4O3S2/c19-16-6-7-17(27-16)28(25,26)22-10-8-21(9-11-22)18(24)15-12-20-13-23(15)14-4-2-1-3-5-14/h1-7,12-13H,8-11H2. The number of benzene rings is 1. The van der Waals surface area contributed by atoms with Crippen molar-refractivity contribution >= 4 is 38.9 Å². The lowest BCUT2D eigenvalue weighted by Crippen LogP contribution is -2.50. The quantitative estimate of drug-likeness (QED) is 0.630. The molecule has 0 N–H and O–H groups in total. The number of nitrogens with zero attached hydrogens (tertiary/aromatic N) is 4. The number of thiophene rings is 1. The molecule has 7 nitrogen and oxygen atoms in total. The van der Waals surface area contributed by atoms with Crippen molar-refractivity contribution in [2.75, 3.05) is 26.2 Å². The Morgan fingerprint density at radius 2 is 1.75 bits per heavy atom. The molecule has 1 amide bonds. The van der Waals surface area contributed by atoms with Crippen LogP contribution in [0.3, 0.4) is 0 Å². The van der Waals surface area contributed by atoms with Crippen LogP contribution >= 0.6 is 22.9 Å². The molecule has 1 aromatic carbocycles. The van der Waals surface area contributed by atoms with Gasteiger partial charge in [-0.1, -0.05) is 29.8 Å². The number of imidazole rings is 1. The van der Waals surface area contributed by atoms with Gasteiger partial charge < -0.3 is 4.90 Å². The van der Waals surface area contributed by atoms with Gasteiger partial charge >= 0.3 is 0 Å².